The molecule has 0 atom stereocenters. The summed E-state index contributed by atoms with van der Waals surface area (Å²) in [7, 11) is 0. The maximum atomic E-state index is 3.03. The second-order valence-corrected chi connectivity index (χ2v) is 4.72. The van der Waals surface area contributed by atoms with E-state index in [1.54, 1.807) is 11.8 Å². The lowest BCUT2D eigenvalue weighted by molar-refractivity contribution is 1.26. The highest BCUT2D eigenvalue weighted by molar-refractivity contribution is 7.99. The molecule has 2 rings (SSSR count). The summed E-state index contributed by atoms with van der Waals surface area (Å²) in [6, 6.07) is 17.7. The van der Waals surface area contributed by atoms with Crippen LogP contribution in [0.25, 0.3) is 0 Å². The van der Waals surface area contributed by atoms with E-state index in [4.69, 9.17) is 0 Å². The number of rotatable bonds is 2. The first kappa shape index (κ1) is 10.3. The van der Waals surface area contributed by atoms with Gasteiger partial charge in [-0.05, 0) is 43.7 Å². The second-order valence-electron chi connectivity index (χ2n) is 3.61. The molecule has 0 unspecified atom stereocenters. The molecule has 0 amide bonds. The molecule has 0 bridgehead atoms. The van der Waals surface area contributed by atoms with Crippen molar-refractivity contribution in [1.82, 2.24) is 0 Å². The molecule has 0 aliphatic rings. The van der Waals surface area contributed by atoms with Gasteiger partial charge in [-0.25, -0.2) is 0 Å². The van der Waals surface area contributed by atoms with Gasteiger partial charge >= 0.3 is 0 Å². The van der Waals surface area contributed by atoms with Crippen LogP contribution in [-0.4, -0.2) is 0 Å². The average molecular weight is 213 g/mol. The molecule has 1 heteroatoms. The Morgan fingerprint density at radius 3 is 2.40 bits per heavy atom. The normalized spacial score (nSPS) is 10.3. The third kappa shape index (κ3) is 2.63. The zero-order valence-electron chi connectivity index (χ0n) is 8.95. The summed E-state index contributed by atoms with van der Waals surface area (Å²) in [5.74, 6) is 0. The van der Waals surface area contributed by atoms with E-state index in [2.05, 4.69) is 50.2 Å². The Kier molecular flexibility index (Phi) is 3.12. The molecule has 0 aliphatic carbocycles. The molecule has 0 saturated carbocycles. The summed E-state index contributed by atoms with van der Waals surface area (Å²) >= 11 is 1.80. The Balaban J connectivity index is 2.25. The second kappa shape index (κ2) is 4.54. The maximum Gasteiger partial charge on any atom is 0.0151 e. The molecular weight excluding hydrogens is 200 g/mol. The topological polar surface area (TPSA) is 0 Å². The van der Waals surface area contributed by atoms with E-state index in [0.29, 0.717) is 0 Å². The van der Waals surface area contributed by atoms with Gasteiger partial charge in [0.25, 0.3) is 0 Å². The van der Waals surface area contributed by atoms with Crippen molar-refractivity contribution in [2.75, 3.05) is 0 Å². The van der Waals surface area contributed by atoms with Gasteiger partial charge in [0, 0.05) is 9.79 Å². The third-order valence-corrected chi connectivity index (χ3v) is 3.43. The predicted molar refractivity (Wildman–Crippen MR) is 65.3 cm³/mol. The van der Waals surface area contributed by atoms with E-state index in [0.717, 1.165) is 0 Å². The predicted octanol–water partition coefficient (Wildman–Crippen LogP) is 4.25. The number of hydrogen-bond donors (Lipinski definition) is 0. The Labute approximate surface area is 95.3 Å². The van der Waals surface area contributed by atoms with Gasteiger partial charge in [0.15, 0.2) is 0 Å². The highest BCUT2D eigenvalue weighted by Gasteiger charge is 2.00. The molecule has 1 radical (unpaired) electrons. The summed E-state index contributed by atoms with van der Waals surface area (Å²) < 4.78 is 0. The molecule has 0 fully saturated rings. The van der Waals surface area contributed by atoms with Crippen LogP contribution in [0.15, 0.2) is 52.3 Å². The average Bonchev–Trinajstić information content (AvgIpc) is 2.24. The van der Waals surface area contributed by atoms with Gasteiger partial charge in [0.2, 0.25) is 0 Å². The van der Waals surface area contributed by atoms with Crippen molar-refractivity contribution >= 4 is 11.8 Å². The molecule has 2 aromatic rings. The first-order chi connectivity index (χ1) is 7.25. The van der Waals surface area contributed by atoms with Crippen LogP contribution in [0.5, 0.6) is 0 Å². The number of hydrogen-bond acceptors (Lipinski definition) is 1. The molecule has 15 heavy (non-hydrogen) atoms. The van der Waals surface area contributed by atoms with Crippen LogP contribution in [-0.2, 0) is 0 Å². The lowest BCUT2D eigenvalue weighted by Gasteiger charge is -2.05. The molecule has 0 heterocycles. The monoisotopic (exact) mass is 213 g/mol. The number of benzene rings is 2. The first-order valence-corrected chi connectivity index (χ1v) is 5.78. The van der Waals surface area contributed by atoms with Crippen molar-refractivity contribution in [2.45, 2.75) is 23.6 Å². The van der Waals surface area contributed by atoms with E-state index in [9.17, 15) is 0 Å². The molecule has 0 nitrogen and oxygen atoms in total. The highest BCUT2D eigenvalue weighted by Crippen LogP contribution is 2.30. The zero-order valence-corrected chi connectivity index (χ0v) is 9.77. The fourth-order valence-corrected chi connectivity index (χ4v) is 2.36. The van der Waals surface area contributed by atoms with Crippen LogP contribution in [0.4, 0.5) is 0 Å². The third-order valence-electron chi connectivity index (χ3n) is 2.25. The largest absolute Gasteiger partial charge is 0.0898 e. The highest BCUT2D eigenvalue weighted by atomic mass is 32.2. The van der Waals surface area contributed by atoms with Gasteiger partial charge in [-0.2, -0.15) is 0 Å². The van der Waals surface area contributed by atoms with Crippen LogP contribution in [0, 0.1) is 19.9 Å². The minimum atomic E-state index is 1.26. The Hall–Kier alpha value is -1.21. The first-order valence-electron chi connectivity index (χ1n) is 4.97. The minimum absolute atomic E-state index is 1.26. The van der Waals surface area contributed by atoms with Gasteiger partial charge in [0.05, 0.1) is 0 Å². The lowest BCUT2D eigenvalue weighted by atomic mass is 10.2. The van der Waals surface area contributed by atoms with Crippen molar-refractivity contribution in [1.29, 1.82) is 0 Å². The van der Waals surface area contributed by atoms with Gasteiger partial charge in [-0.15, -0.1) is 0 Å². The van der Waals surface area contributed by atoms with Crippen LogP contribution in [0.1, 0.15) is 11.1 Å². The van der Waals surface area contributed by atoms with E-state index in [1.165, 1.54) is 20.9 Å². The van der Waals surface area contributed by atoms with E-state index in [-0.39, 0.29) is 0 Å². The molecule has 0 spiro atoms. The SMILES string of the molecule is Cc1ccc(Sc2cc[c]cc2)c(C)c1. The van der Waals surface area contributed by atoms with Crippen LogP contribution < -0.4 is 0 Å². The fourth-order valence-electron chi connectivity index (χ4n) is 1.48. The molecular formula is C14H13S. The molecule has 0 saturated heterocycles. The van der Waals surface area contributed by atoms with Crippen LogP contribution in [0.2, 0.25) is 0 Å². The molecule has 75 valence electrons. The van der Waals surface area contributed by atoms with Crippen LogP contribution >= 0.6 is 11.8 Å². The smallest absolute Gasteiger partial charge is 0.0151 e. The standard InChI is InChI=1S/C14H13S/c1-11-8-9-14(12(2)10-11)15-13-6-4-3-5-7-13/h4-10H,1-2H3. The molecule has 0 aromatic heterocycles. The van der Waals surface area contributed by atoms with Crippen molar-refractivity contribution in [3.63, 3.8) is 0 Å². The molecule has 0 N–H and O–H groups in total. The summed E-state index contributed by atoms with van der Waals surface area (Å²) in [6.45, 7) is 4.28. The van der Waals surface area contributed by atoms with Gasteiger partial charge in [-0.3, -0.25) is 0 Å². The lowest BCUT2D eigenvalue weighted by Crippen LogP contribution is -1.81. The van der Waals surface area contributed by atoms with Gasteiger partial charge < -0.3 is 0 Å². The summed E-state index contributed by atoms with van der Waals surface area (Å²) in [6.07, 6.45) is 0. The Morgan fingerprint density at radius 2 is 1.73 bits per heavy atom. The van der Waals surface area contributed by atoms with Crippen molar-refractivity contribution in [3.05, 3.63) is 59.7 Å². The van der Waals surface area contributed by atoms with Gasteiger partial charge in [0.1, 0.15) is 0 Å². The maximum absolute atomic E-state index is 3.03. The quantitative estimate of drug-likeness (QED) is 0.718. The summed E-state index contributed by atoms with van der Waals surface area (Å²) in [5.41, 5.74) is 2.66. The van der Waals surface area contributed by atoms with Crippen molar-refractivity contribution < 1.29 is 0 Å². The summed E-state index contributed by atoms with van der Waals surface area (Å²) in [4.78, 5) is 2.59. The van der Waals surface area contributed by atoms with E-state index >= 15 is 0 Å². The van der Waals surface area contributed by atoms with E-state index in [1.807, 2.05) is 12.1 Å². The van der Waals surface area contributed by atoms with Crippen molar-refractivity contribution in [3.8, 4) is 0 Å². The fraction of sp³-hybridized carbons (Fsp3) is 0.143. The Bertz CT molecular complexity index is 446. The van der Waals surface area contributed by atoms with Gasteiger partial charge in [-0.1, -0.05) is 41.6 Å². The van der Waals surface area contributed by atoms with E-state index < -0.39 is 0 Å². The Morgan fingerprint density at radius 1 is 1.00 bits per heavy atom. The number of aryl methyl sites for hydroxylation is 2. The van der Waals surface area contributed by atoms with Crippen molar-refractivity contribution in [2.24, 2.45) is 0 Å². The molecule has 0 aliphatic heterocycles. The zero-order chi connectivity index (χ0) is 10.7. The van der Waals surface area contributed by atoms with Crippen LogP contribution in [0.3, 0.4) is 0 Å². The summed E-state index contributed by atoms with van der Waals surface area (Å²) in [5, 5.41) is 0. The minimum Gasteiger partial charge on any atom is -0.0898 e. The molecule has 2 aromatic carbocycles.